The topological polar surface area (TPSA) is 55.1 Å². The van der Waals surface area contributed by atoms with Gasteiger partial charge in [-0.25, -0.2) is 0 Å². The highest BCUT2D eigenvalue weighted by Gasteiger charge is 2.18. The van der Waals surface area contributed by atoms with E-state index in [2.05, 4.69) is 12.2 Å². The minimum absolute atomic E-state index is 0.358. The van der Waals surface area contributed by atoms with E-state index in [1.165, 1.54) is 38.5 Å². The Kier molecular flexibility index (Phi) is 5.60. The maximum Gasteiger partial charge on any atom is 0.248 e. The molecule has 1 atom stereocenters. The Morgan fingerprint density at radius 2 is 2.00 bits per heavy atom. The molecule has 20 heavy (non-hydrogen) atoms. The van der Waals surface area contributed by atoms with Crippen LogP contribution in [0.1, 0.15) is 61.4 Å². The highest BCUT2D eigenvalue weighted by atomic mass is 16.1. The summed E-state index contributed by atoms with van der Waals surface area (Å²) in [5, 5.41) is 3.61. The minimum atomic E-state index is -0.358. The maximum absolute atomic E-state index is 11.2. The maximum atomic E-state index is 11.2. The van der Waals surface area contributed by atoms with Gasteiger partial charge < -0.3 is 11.1 Å². The SMILES string of the molecule is C[C@H](NCc1cccc(C(N)=O)c1)C1CCCCCC1. The molecule has 0 unspecified atom stereocenters. The smallest absolute Gasteiger partial charge is 0.248 e. The number of rotatable bonds is 5. The van der Waals surface area contributed by atoms with Crippen molar-refractivity contribution >= 4 is 5.91 Å². The van der Waals surface area contributed by atoms with E-state index in [4.69, 9.17) is 5.73 Å². The fourth-order valence-electron chi connectivity index (χ4n) is 3.09. The summed E-state index contributed by atoms with van der Waals surface area (Å²) >= 11 is 0. The van der Waals surface area contributed by atoms with Crippen LogP contribution < -0.4 is 11.1 Å². The van der Waals surface area contributed by atoms with Crippen molar-refractivity contribution < 1.29 is 4.79 Å². The first-order chi connectivity index (χ1) is 9.66. The Balaban J connectivity index is 1.87. The van der Waals surface area contributed by atoms with Crippen LogP contribution in [0.5, 0.6) is 0 Å². The van der Waals surface area contributed by atoms with Gasteiger partial charge in [0.2, 0.25) is 5.91 Å². The van der Waals surface area contributed by atoms with E-state index in [0.717, 1.165) is 18.0 Å². The zero-order chi connectivity index (χ0) is 14.4. The van der Waals surface area contributed by atoms with Crippen molar-refractivity contribution in [3.05, 3.63) is 35.4 Å². The van der Waals surface area contributed by atoms with Crippen LogP contribution in [0.2, 0.25) is 0 Å². The van der Waals surface area contributed by atoms with Gasteiger partial charge in [-0.15, -0.1) is 0 Å². The van der Waals surface area contributed by atoms with Gasteiger partial charge >= 0.3 is 0 Å². The summed E-state index contributed by atoms with van der Waals surface area (Å²) < 4.78 is 0. The van der Waals surface area contributed by atoms with Crippen molar-refractivity contribution in [1.82, 2.24) is 5.32 Å². The molecule has 1 aliphatic carbocycles. The molecule has 1 aliphatic rings. The van der Waals surface area contributed by atoms with Crippen molar-refractivity contribution in [3.8, 4) is 0 Å². The second-order valence-corrected chi connectivity index (χ2v) is 5.99. The van der Waals surface area contributed by atoms with E-state index in [1.807, 2.05) is 18.2 Å². The molecule has 3 nitrogen and oxygen atoms in total. The van der Waals surface area contributed by atoms with Crippen LogP contribution in [0.15, 0.2) is 24.3 Å². The molecule has 0 bridgehead atoms. The number of amides is 1. The summed E-state index contributed by atoms with van der Waals surface area (Å²) in [6.45, 7) is 3.09. The molecule has 0 radical (unpaired) electrons. The molecule has 110 valence electrons. The normalized spacial score (nSPS) is 18.4. The van der Waals surface area contributed by atoms with Crippen molar-refractivity contribution in [2.45, 2.75) is 58.0 Å². The van der Waals surface area contributed by atoms with Crippen LogP contribution >= 0.6 is 0 Å². The Hall–Kier alpha value is -1.35. The first kappa shape index (κ1) is 15.0. The number of nitrogens with one attached hydrogen (secondary N) is 1. The highest BCUT2D eigenvalue weighted by molar-refractivity contribution is 5.92. The standard InChI is InChI=1S/C17H26N2O/c1-13(15-8-4-2-3-5-9-15)19-12-14-7-6-10-16(11-14)17(18)20/h6-7,10-11,13,15,19H,2-5,8-9,12H2,1H3,(H2,18,20)/t13-/m0/s1. The molecule has 0 heterocycles. The molecule has 0 aromatic heterocycles. The molecule has 1 aromatic carbocycles. The van der Waals surface area contributed by atoms with Crippen LogP contribution in [0.25, 0.3) is 0 Å². The van der Waals surface area contributed by atoms with E-state index in [1.54, 1.807) is 6.07 Å². The van der Waals surface area contributed by atoms with Gasteiger partial charge in [0.1, 0.15) is 0 Å². The first-order valence-electron chi connectivity index (χ1n) is 7.79. The van der Waals surface area contributed by atoms with Crippen LogP contribution in [-0.2, 0) is 6.54 Å². The molecule has 3 N–H and O–H groups in total. The number of hydrogen-bond acceptors (Lipinski definition) is 2. The van der Waals surface area contributed by atoms with Gasteiger partial charge in [-0.3, -0.25) is 4.79 Å². The lowest BCUT2D eigenvalue weighted by atomic mass is 9.93. The van der Waals surface area contributed by atoms with Gasteiger partial charge in [-0.2, -0.15) is 0 Å². The third-order valence-corrected chi connectivity index (χ3v) is 4.45. The molecule has 1 fully saturated rings. The monoisotopic (exact) mass is 274 g/mol. The molecule has 0 aliphatic heterocycles. The zero-order valence-corrected chi connectivity index (χ0v) is 12.4. The van der Waals surface area contributed by atoms with E-state index >= 15 is 0 Å². The molecule has 0 spiro atoms. The van der Waals surface area contributed by atoms with Crippen molar-refractivity contribution in [3.63, 3.8) is 0 Å². The van der Waals surface area contributed by atoms with Crippen molar-refractivity contribution in [2.75, 3.05) is 0 Å². The van der Waals surface area contributed by atoms with Gasteiger partial charge in [0, 0.05) is 18.2 Å². The second-order valence-electron chi connectivity index (χ2n) is 5.99. The van der Waals surface area contributed by atoms with Crippen molar-refractivity contribution in [1.29, 1.82) is 0 Å². The summed E-state index contributed by atoms with van der Waals surface area (Å²) in [5.74, 6) is 0.431. The van der Waals surface area contributed by atoms with Crippen LogP contribution in [0.4, 0.5) is 0 Å². The number of nitrogens with two attached hydrogens (primary N) is 1. The average molecular weight is 274 g/mol. The molecule has 1 amide bonds. The molecule has 1 saturated carbocycles. The van der Waals surface area contributed by atoms with Gasteiger partial charge in [-0.05, 0) is 43.4 Å². The van der Waals surface area contributed by atoms with E-state index in [9.17, 15) is 4.79 Å². The third kappa shape index (κ3) is 4.34. The quantitative estimate of drug-likeness (QED) is 0.810. The lowest BCUT2D eigenvalue weighted by molar-refractivity contribution is 0.1000. The summed E-state index contributed by atoms with van der Waals surface area (Å²) in [6, 6.07) is 8.12. The summed E-state index contributed by atoms with van der Waals surface area (Å²) in [6.07, 6.45) is 8.21. The number of carbonyl (C=O) groups excluding carboxylic acids is 1. The Morgan fingerprint density at radius 3 is 2.65 bits per heavy atom. The predicted octanol–water partition coefficient (Wildman–Crippen LogP) is 3.23. The lowest BCUT2D eigenvalue weighted by Crippen LogP contribution is -2.33. The lowest BCUT2D eigenvalue weighted by Gasteiger charge is -2.23. The Morgan fingerprint density at radius 1 is 1.30 bits per heavy atom. The molecule has 3 heteroatoms. The van der Waals surface area contributed by atoms with Crippen LogP contribution in [0, 0.1) is 5.92 Å². The van der Waals surface area contributed by atoms with E-state index in [-0.39, 0.29) is 5.91 Å². The first-order valence-corrected chi connectivity index (χ1v) is 7.79. The van der Waals surface area contributed by atoms with Gasteiger partial charge in [0.15, 0.2) is 0 Å². The summed E-state index contributed by atoms with van der Waals surface area (Å²) in [4.78, 5) is 11.2. The second kappa shape index (κ2) is 7.44. The number of hydrogen-bond donors (Lipinski definition) is 2. The van der Waals surface area contributed by atoms with Gasteiger partial charge in [-0.1, -0.05) is 37.8 Å². The molecule has 0 saturated heterocycles. The highest BCUT2D eigenvalue weighted by Crippen LogP contribution is 2.25. The van der Waals surface area contributed by atoms with Crippen LogP contribution in [-0.4, -0.2) is 11.9 Å². The van der Waals surface area contributed by atoms with E-state index in [0.29, 0.717) is 11.6 Å². The number of primary amides is 1. The fourth-order valence-corrected chi connectivity index (χ4v) is 3.09. The van der Waals surface area contributed by atoms with Crippen LogP contribution in [0.3, 0.4) is 0 Å². The summed E-state index contributed by atoms with van der Waals surface area (Å²) in [5.41, 5.74) is 7.03. The molecular weight excluding hydrogens is 248 g/mol. The number of benzene rings is 1. The largest absolute Gasteiger partial charge is 0.366 e. The summed E-state index contributed by atoms with van der Waals surface area (Å²) in [7, 11) is 0. The average Bonchev–Trinajstić information content (AvgIpc) is 2.74. The van der Waals surface area contributed by atoms with Gasteiger partial charge in [0.25, 0.3) is 0 Å². The minimum Gasteiger partial charge on any atom is -0.366 e. The fraction of sp³-hybridized carbons (Fsp3) is 0.588. The Labute approximate surface area is 121 Å². The van der Waals surface area contributed by atoms with Gasteiger partial charge in [0.05, 0.1) is 0 Å². The predicted molar refractivity (Wildman–Crippen MR) is 82.5 cm³/mol. The molecule has 2 rings (SSSR count). The van der Waals surface area contributed by atoms with Crippen molar-refractivity contribution in [2.24, 2.45) is 11.7 Å². The Bertz CT molecular complexity index is 436. The zero-order valence-electron chi connectivity index (χ0n) is 12.4. The molecular formula is C17H26N2O. The molecule has 1 aromatic rings. The number of carbonyl (C=O) groups is 1. The third-order valence-electron chi connectivity index (χ3n) is 4.45. The van der Waals surface area contributed by atoms with E-state index < -0.39 is 0 Å².